The van der Waals surface area contributed by atoms with Crippen LogP contribution >= 0.6 is 15.9 Å². The second-order valence-electron chi connectivity index (χ2n) is 3.85. The fourth-order valence-electron chi connectivity index (χ4n) is 1.54. The van der Waals surface area contributed by atoms with Crippen molar-refractivity contribution in [1.29, 1.82) is 0 Å². The van der Waals surface area contributed by atoms with Crippen LogP contribution in [0, 0.1) is 0 Å². The van der Waals surface area contributed by atoms with Gasteiger partial charge in [-0.05, 0) is 25.1 Å². The molecule has 112 valence electrons. The van der Waals surface area contributed by atoms with Crippen LogP contribution in [0.3, 0.4) is 0 Å². The van der Waals surface area contributed by atoms with Gasteiger partial charge < -0.3 is 15.2 Å². The molecular weight excluding hydrogens is 343 g/mol. The Balaban J connectivity index is 2.96. The average molecular weight is 356 g/mol. The molecule has 0 saturated carbocycles. The lowest BCUT2D eigenvalue weighted by molar-refractivity contribution is -0.275. The van der Waals surface area contributed by atoms with Crippen LogP contribution < -0.4 is 10.5 Å². The van der Waals surface area contributed by atoms with Gasteiger partial charge in [-0.25, -0.2) is 0 Å². The fourth-order valence-corrected chi connectivity index (χ4v) is 1.91. The topological polar surface area (TPSA) is 61.5 Å². The van der Waals surface area contributed by atoms with E-state index in [1.807, 2.05) is 0 Å². The van der Waals surface area contributed by atoms with Crippen LogP contribution in [0.25, 0.3) is 0 Å². The Kier molecular flexibility index (Phi) is 5.82. The van der Waals surface area contributed by atoms with Crippen LogP contribution in [0.15, 0.2) is 22.7 Å². The lowest BCUT2D eigenvalue weighted by Crippen LogP contribution is -2.22. The molecule has 2 N–H and O–H groups in total. The van der Waals surface area contributed by atoms with Crippen molar-refractivity contribution in [2.45, 2.75) is 25.7 Å². The summed E-state index contributed by atoms with van der Waals surface area (Å²) >= 11 is 3.13. The van der Waals surface area contributed by atoms with Gasteiger partial charge in [-0.2, -0.15) is 0 Å². The second kappa shape index (κ2) is 6.94. The predicted octanol–water partition coefficient (Wildman–Crippen LogP) is 3.30. The van der Waals surface area contributed by atoms with Crippen LogP contribution in [0.2, 0.25) is 0 Å². The summed E-state index contributed by atoms with van der Waals surface area (Å²) in [7, 11) is 0. The maximum absolute atomic E-state index is 12.3. The molecule has 1 rings (SSSR count). The Hall–Kier alpha value is -1.28. The number of hydrogen-bond acceptors (Lipinski definition) is 4. The molecule has 0 fully saturated rings. The zero-order valence-corrected chi connectivity index (χ0v) is 12.1. The van der Waals surface area contributed by atoms with E-state index in [0.717, 1.165) is 6.07 Å². The first-order valence-electron chi connectivity index (χ1n) is 5.69. The van der Waals surface area contributed by atoms with E-state index in [9.17, 15) is 18.0 Å². The molecule has 0 aliphatic carbocycles. The van der Waals surface area contributed by atoms with Crippen LogP contribution in [0.1, 0.15) is 24.9 Å². The van der Waals surface area contributed by atoms with E-state index in [2.05, 4.69) is 20.7 Å². The first kappa shape index (κ1) is 16.8. The summed E-state index contributed by atoms with van der Waals surface area (Å²) in [6, 6.07) is 2.95. The van der Waals surface area contributed by atoms with Gasteiger partial charge in [0.15, 0.2) is 0 Å². The van der Waals surface area contributed by atoms with Crippen LogP contribution in [-0.4, -0.2) is 18.9 Å². The Morgan fingerprint density at radius 1 is 1.45 bits per heavy atom. The number of carbonyl (C=O) groups is 1. The Morgan fingerprint density at radius 2 is 2.10 bits per heavy atom. The van der Waals surface area contributed by atoms with Gasteiger partial charge in [0.05, 0.1) is 13.0 Å². The van der Waals surface area contributed by atoms with Crippen molar-refractivity contribution in [1.82, 2.24) is 0 Å². The number of esters is 1. The highest BCUT2D eigenvalue weighted by atomic mass is 79.9. The smallest absolute Gasteiger partial charge is 0.466 e. The molecule has 0 aliphatic rings. The van der Waals surface area contributed by atoms with Crippen molar-refractivity contribution < 1.29 is 27.4 Å². The molecular formula is C12H13BrF3NO3. The van der Waals surface area contributed by atoms with Gasteiger partial charge in [-0.1, -0.05) is 15.9 Å². The molecule has 1 aromatic carbocycles. The summed E-state index contributed by atoms with van der Waals surface area (Å²) in [6.07, 6.45) is -5.06. The number of alkyl halides is 3. The van der Waals surface area contributed by atoms with Gasteiger partial charge in [-0.3, -0.25) is 4.79 Å². The molecule has 0 aliphatic heterocycles. The normalized spacial score (nSPS) is 12.9. The van der Waals surface area contributed by atoms with E-state index in [1.54, 1.807) is 6.92 Å². The molecule has 1 aromatic rings. The highest BCUT2D eigenvalue weighted by molar-refractivity contribution is 9.10. The van der Waals surface area contributed by atoms with Crippen LogP contribution in [-0.2, 0) is 9.53 Å². The molecule has 4 nitrogen and oxygen atoms in total. The number of benzene rings is 1. The van der Waals surface area contributed by atoms with Gasteiger partial charge in [-0.15, -0.1) is 13.2 Å². The molecule has 0 unspecified atom stereocenters. The number of carbonyl (C=O) groups excluding carboxylic acids is 1. The van der Waals surface area contributed by atoms with E-state index in [0.29, 0.717) is 4.47 Å². The molecule has 8 heteroatoms. The minimum Gasteiger partial charge on any atom is -0.466 e. The zero-order valence-electron chi connectivity index (χ0n) is 10.5. The molecule has 0 amide bonds. The van der Waals surface area contributed by atoms with Crippen LogP contribution in [0.4, 0.5) is 13.2 Å². The van der Waals surface area contributed by atoms with Crippen LogP contribution in [0.5, 0.6) is 5.75 Å². The standard InChI is InChI=1S/C12H13BrF3NO3/c1-2-19-11(18)6-9(17)8-5-7(13)3-4-10(8)20-12(14,15)16/h3-5,9H,2,6,17H2,1H3/t9-/m0/s1. The van der Waals surface area contributed by atoms with Crippen molar-refractivity contribution in [3.05, 3.63) is 28.2 Å². The first-order chi connectivity index (χ1) is 9.23. The van der Waals surface area contributed by atoms with E-state index >= 15 is 0 Å². The van der Waals surface area contributed by atoms with E-state index in [1.165, 1.54) is 12.1 Å². The molecule has 20 heavy (non-hydrogen) atoms. The quantitative estimate of drug-likeness (QED) is 0.823. The minimum atomic E-state index is -4.83. The van der Waals surface area contributed by atoms with Gasteiger partial charge >= 0.3 is 12.3 Å². The average Bonchev–Trinajstić information content (AvgIpc) is 2.29. The number of nitrogens with two attached hydrogens (primary N) is 1. The number of hydrogen-bond donors (Lipinski definition) is 1. The number of halogens is 4. The molecule has 0 bridgehead atoms. The minimum absolute atomic E-state index is 0.0738. The monoisotopic (exact) mass is 355 g/mol. The van der Waals surface area contributed by atoms with Crippen molar-refractivity contribution in [2.75, 3.05) is 6.61 Å². The second-order valence-corrected chi connectivity index (χ2v) is 4.76. The molecule has 0 aromatic heterocycles. The predicted molar refractivity (Wildman–Crippen MR) is 69.0 cm³/mol. The summed E-state index contributed by atoms with van der Waals surface area (Å²) < 4.78 is 46.0. The largest absolute Gasteiger partial charge is 0.573 e. The lowest BCUT2D eigenvalue weighted by atomic mass is 10.0. The summed E-state index contributed by atoms with van der Waals surface area (Å²) in [5, 5.41) is 0. The van der Waals surface area contributed by atoms with Gasteiger partial charge in [0.2, 0.25) is 0 Å². The Morgan fingerprint density at radius 3 is 2.65 bits per heavy atom. The third-order valence-electron chi connectivity index (χ3n) is 2.29. The van der Waals surface area contributed by atoms with Gasteiger partial charge in [0.25, 0.3) is 0 Å². The highest BCUT2D eigenvalue weighted by Gasteiger charge is 2.33. The third kappa shape index (κ3) is 5.38. The van der Waals surface area contributed by atoms with E-state index < -0.39 is 24.1 Å². The summed E-state index contributed by atoms with van der Waals surface area (Å²) in [5.74, 6) is -1.02. The maximum atomic E-state index is 12.3. The van der Waals surface area contributed by atoms with E-state index in [4.69, 9.17) is 10.5 Å². The van der Waals surface area contributed by atoms with E-state index in [-0.39, 0.29) is 18.6 Å². The lowest BCUT2D eigenvalue weighted by Gasteiger charge is -2.17. The summed E-state index contributed by atoms with van der Waals surface area (Å²) in [4.78, 5) is 11.3. The van der Waals surface area contributed by atoms with Gasteiger partial charge in [0.1, 0.15) is 5.75 Å². The third-order valence-corrected chi connectivity index (χ3v) is 2.78. The molecule has 0 spiro atoms. The Labute approximate surface area is 122 Å². The van der Waals surface area contributed by atoms with Crippen molar-refractivity contribution in [3.8, 4) is 5.75 Å². The fraction of sp³-hybridized carbons (Fsp3) is 0.417. The number of rotatable bonds is 5. The van der Waals surface area contributed by atoms with Gasteiger partial charge in [0, 0.05) is 16.1 Å². The molecule has 1 atom stereocenters. The summed E-state index contributed by atoms with van der Waals surface area (Å²) in [5.41, 5.74) is 5.82. The SMILES string of the molecule is CCOC(=O)C[C@H](N)c1cc(Br)ccc1OC(F)(F)F. The first-order valence-corrected chi connectivity index (χ1v) is 6.48. The molecule has 0 radical (unpaired) electrons. The maximum Gasteiger partial charge on any atom is 0.573 e. The highest BCUT2D eigenvalue weighted by Crippen LogP contribution is 2.33. The number of ether oxygens (including phenoxy) is 2. The summed E-state index contributed by atoms with van der Waals surface area (Å²) in [6.45, 7) is 1.80. The molecule has 0 saturated heterocycles. The van der Waals surface area contributed by atoms with Crippen molar-refractivity contribution in [2.24, 2.45) is 5.73 Å². The van der Waals surface area contributed by atoms with Crippen molar-refractivity contribution in [3.63, 3.8) is 0 Å². The zero-order chi connectivity index (χ0) is 15.3. The molecule has 0 heterocycles. The Bertz CT molecular complexity index is 480. The van der Waals surface area contributed by atoms with Crippen molar-refractivity contribution >= 4 is 21.9 Å².